The van der Waals surface area contributed by atoms with Crippen LogP contribution >= 0.6 is 0 Å². The smallest absolute Gasteiger partial charge is 0.410 e. The number of aliphatic hydroxyl groups excluding tert-OH is 1. The number of nitrogens with zero attached hydrogens (tertiary/aromatic N) is 1. The van der Waals surface area contributed by atoms with E-state index in [1.54, 1.807) is 4.90 Å². The third-order valence-corrected chi connectivity index (χ3v) is 3.43. The quantitative estimate of drug-likeness (QED) is 0.871. The van der Waals surface area contributed by atoms with Gasteiger partial charge in [0.2, 0.25) is 0 Å². The third kappa shape index (κ3) is 6.66. The molecule has 1 heterocycles. The second-order valence-electron chi connectivity index (χ2n) is 7.98. The van der Waals surface area contributed by atoms with Gasteiger partial charge in [-0.05, 0) is 39.0 Å². The lowest BCUT2D eigenvalue weighted by molar-refractivity contribution is -0.0692. The van der Waals surface area contributed by atoms with E-state index in [-0.39, 0.29) is 17.6 Å². The maximum atomic E-state index is 12.3. The molecule has 0 radical (unpaired) electrons. The van der Waals surface area contributed by atoms with E-state index in [9.17, 15) is 9.90 Å². The van der Waals surface area contributed by atoms with Gasteiger partial charge in [-0.3, -0.25) is 4.90 Å². The van der Waals surface area contributed by atoms with Crippen LogP contribution in [0, 0.1) is 5.41 Å². The fourth-order valence-electron chi connectivity index (χ4n) is 2.26. The Morgan fingerprint density at radius 2 is 1.95 bits per heavy atom. The standard InChI is InChI=1S/C16H31NO4/c1-15(2,3)8-7-13(18)12-11-20-10-9-17(12)14(19)21-16(4,5)6/h12-13,18H,7-11H2,1-6H3. The van der Waals surface area contributed by atoms with Gasteiger partial charge in [-0.1, -0.05) is 20.8 Å². The molecule has 1 fully saturated rings. The van der Waals surface area contributed by atoms with Crippen molar-refractivity contribution in [1.29, 1.82) is 0 Å². The molecule has 2 atom stereocenters. The van der Waals surface area contributed by atoms with Gasteiger partial charge in [-0.25, -0.2) is 4.79 Å². The van der Waals surface area contributed by atoms with E-state index in [1.165, 1.54) is 0 Å². The molecular formula is C16H31NO4. The van der Waals surface area contributed by atoms with Crippen molar-refractivity contribution in [2.45, 2.75) is 72.1 Å². The highest BCUT2D eigenvalue weighted by molar-refractivity contribution is 5.68. The summed E-state index contributed by atoms with van der Waals surface area (Å²) < 4.78 is 10.9. The predicted octanol–water partition coefficient (Wildman–Crippen LogP) is 2.81. The molecule has 2 unspecified atom stereocenters. The number of ether oxygens (including phenoxy) is 2. The summed E-state index contributed by atoms with van der Waals surface area (Å²) in [5.41, 5.74) is -0.371. The summed E-state index contributed by atoms with van der Waals surface area (Å²) >= 11 is 0. The van der Waals surface area contributed by atoms with Crippen molar-refractivity contribution in [3.05, 3.63) is 0 Å². The van der Waals surface area contributed by atoms with Crippen molar-refractivity contribution >= 4 is 6.09 Å². The average Bonchev–Trinajstić information content (AvgIpc) is 2.33. The molecular weight excluding hydrogens is 270 g/mol. The minimum Gasteiger partial charge on any atom is -0.444 e. The fraction of sp³-hybridized carbons (Fsp3) is 0.938. The largest absolute Gasteiger partial charge is 0.444 e. The molecule has 1 saturated heterocycles. The first-order valence-electron chi connectivity index (χ1n) is 7.75. The monoisotopic (exact) mass is 301 g/mol. The number of carbonyl (C=O) groups is 1. The molecule has 5 nitrogen and oxygen atoms in total. The lowest BCUT2D eigenvalue weighted by Crippen LogP contribution is -2.55. The van der Waals surface area contributed by atoms with Gasteiger partial charge in [-0.15, -0.1) is 0 Å². The normalized spacial score (nSPS) is 22.0. The summed E-state index contributed by atoms with van der Waals surface area (Å²) in [7, 11) is 0. The Bertz CT molecular complexity index is 343. The molecule has 0 aromatic carbocycles. The zero-order valence-electron chi connectivity index (χ0n) is 14.3. The molecule has 0 aromatic rings. The number of aliphatic hydroxyl groups is 1. The van der Waals surface area contributed by atoms with Crippen molar-refractivity contribution in [2.24, 2.45) is 5.41 Å². The Hall–Kier alpha value is -0.810. The summed E-state index contributed by atoms with van der Waals surface area (Å²) in [6.45, 7) is 13.3. The van der Waals surface area contributed by atoms with Gasteiger partial charge in [0.05, 0.1) is 25.4 Å². The van der Waals surface area contributed by atoms with Gasteiger partial charge >= 0.3 is 6.09 Å². The highest BCUT2D eigenvalue weighted by Crippen LogP contribution is 2.25. The number of hydrogen-bond acceptors (Lipinski definition) is 4. The minimum atomic E-state index is -0.586. The van der Waals surface area contributed by atoms with Crippen LogP contribution in [-0.2, 0) is 9.47 Å². The molecule has 124 valence electrons. The first-order chi connectivity index (χ1) is 9.49. The molecule has 1 aliphatic rings. The molecule has 1 rings (SSSR count). The van der Waals surface area contributed by atoms with Crippen molar-refractivity contribution in [3.8, 4) is 0 Å². The summed E-state index contributed by atoms with van der Waals surface area (Å²) in [4.78, 5) is 13.9. The lowest BCUT2D eigenvalue weighted by Gasteiger charge is -2.39. The van der Waals surface area contributed by atoms with Crippen LogP contribution in [0.25, 0.3) is 0 Å². The Balaban J connectivity index is 2.66. The average molecular weight is 301 g/mol. The van der Waals surface area contributed by atoms with Crippen molar-refractivity contribution in [2.75, 3.05) is 19.8 Å². The number of rotatable bonds is 3. The summed E-state index contributed by atoms with van der Waals surface area (Å²) in [5.74, 6) is 0. The lowest BCUT2D eigenvalue weighted by atomic mass is 9.88. The summed E-state index contributed by atoms with van der Waals surface area (Å²) in [6.07, 6.45) is 0.589. The number of morpholine rings is 1. The molecule has 0 saturated carbocycles. The van der Waals surface area contributed by atoms with Crippen LogP contribution in [0.3, 0.4) is 0 Å². The maximum Gasteiger partial charge on any atom is 0.410 e. The highest BCUT2D eigenvalue weighted by atomic mass is 16.6. The molecule has 1 N–H and O–H groups in total. The van der Waals surface area contributed by atoms with Gasteiger partial charge in [-0.2, -0.15) is 0 Å². The zero-order chi connectivity index (χ0) is 16.3. The van der Waals surface area contributed by atoms with Gasteiger partial charge in [0.15, 0.2) is 0 Å². The SMILES string of the molecule is CC(C)(C)CCC(O)C1COCCN1C(=O)OC(C)(C)C. The molecule has 1 aliphatic heterocycles. The van der Waals surface area contributed by atoms with Crippen LogP contribution in [0.4, 0.5) is 4.79 Å². The second kappa shape index (κ2) is 6.97. The Kier molecular flexibility index (Phi) is 6.05. The van der Waals surface area contributed by atoms with E-state index in [2.05, 4.69) is 20.8 Å². The van der Waals surface area contributed by atoms with E-state index in [0.717, 1.165) is 6.42 Å². The van der Waals surface area contributed by atoms with Crippen molar-refractivity contribution < 1.29 is 19.4 Å². The maximum absolute atomic E-state index is 12.3. The van der Waals surface area contributed by atoms with Crippen LogP contribution < -0.4 is 0 Å². The topological polar surface area (TPSA) is 59.0 Å². The minimum absolute atomic E-state index is 0.160. The first-order valence-corrected chi connectivity index (χ1v) is 7.75. The Labute approximate surface area is 128 Å². The molecule has 5 heteroatoms. The molecule has 0 aliphatic carbocycles. The molecule has 0 bridgehead atoms. The predicted molar refractivity (Wildman–Crippen MR) is 82.2 cm³/mol. The summed E-state index contributed by atoms with van der Waals surface area (Å²) in [5, 5.41) is 10.4. The van der Waals surface area contributed by atoms with Crippen LogP contribution in [0.1, 0.15) is 54.4 Å². The van der Waals surface area contributed by atoms with Gasteiger partial charge < -0.3 is 14.6 Å². The van der Waals surface area contributed by atoms with Gasteiger partial charge in [0.1, 0.15) is 5.60 Å². The number of hydrogen-bond donors (Lipinski definition) is 1. The van der Waals surface area contributed by atoms with Crippen LogP contribution in [-0.4, -0.2) is 53.6 Å². The number of carbonyl (C=O) groups excluding carboxylic acids is 1. The van der Waals surface area contributed by atoms with Crippen LogP contribution in [0.15, 0.2) is 0 Å². The van der Waals surface area contributed by atoms with Crippen molar-refractivity contribution in [3.63, 3.8) is 0 Å². The van der Waals surface area contributed by atoms with E-state index in [0.29, 0.717) is 26.2 Å². The first kappa shape index (κ1) is 18.2. The molecule has 0 aromatic heterocycles. The zero-order valence-corrected chi connectivity index (χ0v) is 14.3. The van der Waals surface area contributed by atoms with E-state index in [1.807, 2.05) is 20.8 Å². The van der Waals surface area contributed by atoms with Gasteiger partial charge in [0.25, 0.3) is 0 Å². The second-order valence-corrected chi connectivity index (χ2v) is 7.98. The van der Waals surface area contributed by atoms with Crippen molar-refractivity contribution in [1.82, 2.24) is 4.90 Å². The highest BCUT2D eigenvalue weighted by Gasteiger charge is 2.35. The van der Waals surface area contributed by atoms with Crippen LogP contribution in [0.2, 0.25) is 0 Å². The Morgan fingerprint density at radius 1 is 1.33 bits per heavy atom. The van der Waals surface area contributed by atoms with E-state index in [4.69, 9.17) is 9.47 Å². The molecule has 1 amide bonds. The van der Waals surface area contributed by atoms with E-state index < -0.39 is 11.7 Å². The van der Waals surface area contributed by atoms with E-state index >= 15 is 0 Å². The molecule has 0 spiro atoms. The third-order valence-electron chi connectivity index (χ3n) is 3.43. The van der Waals surface area contributed by atoms with Crippen LogP contribution in [0.5, 0.6) is 0 Å². The summed E-state index contributed by atoms with van der Waals surface area (Å²) in [6, 6.07) is -0.323. The number of amides is 1. The molecule has 21 heavy (non-hydrogen) atoms. The Morgan fingerprint density at radius 3 is 2.48 bits per heavy atom. The fourth-order valence-corrected chi connectivity index (χ4v) is 2.26. The van der Waals surface area contributed by atoms with Gasteiger partial charge in [0, 0.05) is 6.54 Å².